The Labute approximate surface area is 67.7 Å². The fourth-order valence-corrected chi connectivity index (χ4v) is 2.38. The molecule has 0 aliphatic carbocycles. The van der Waals surface area contributed by atoms with Crippen LogP contribution >= 0.6 is 0 Å². The van der Waals surface area contributed by atoms with E-state index >= 15 is 0 Å². The van der Waals surface area contributed by atoms with Crippen LogP contribution in [0.25, 0.3) is 0 Å². The minimum absolute atomic E-state index is 0.156. The van der Waals surface area contributed by atoms with Crippen LogP contribution in [0.15, 0.2) is 28.0 Å². The fraction of sp³-hybridized carbons (Fsp3) is 0. The van der Waals surface area contributed by atoms with E-state index in [1.807, 2.05) is 0 Å². The molecule has 3 rings (SSSR count). The highest BCUT2D eigenvalue weighted by atomic mass is 32.2. The van der Waals surface area contributed by atoms with Gasteiger partial charge in [-0.2, -0.15) is 0 Å². The van der Waals surface area contributed by atoms with Crippen molar-refractivity contribution in [2.45, 2.75) is 9.79 Å². The molecule has 2 heterocycles. The van der Waals surface area contributed by atoms with Crippen LogP contribution < -0.4 is 0 Å². The number of hydrogen-bond donors (Lipinski definition) is 0. The van der Waals surface area contributed by atoms with Gasteiger partial charge in [0.2, 0.25) is 9.84 Å². The fourth-order valence-electron chi connectivity index (χ4n) is 1.10. The van der Waals surface area contributed by atoms with E-state index < -0.39 is 14.8 Å². The average Bonchev–Trinajstić information content (AvgIpc) is 2.04. The van der Waals surface area contributed by atoms with Gasteiger partial charge in [-0.15, -0.1) is 0 Å². The summed E-state index contributed by atoms with van der Waals surface area (Å²) < 4.78 is 22.1. The first-order chi connectivity index (χ1) is 5.53. The van der Waals surface area contributed by atoms with Crippen molar-refractivity contribution >= 4 is 15.5 Å². The van der Waals surface area contributed by atoms with Crippen molar-refractivity contribution in [3.8, 4) is 0 Å². The third-order valence-electron chi connectivity index (χ3n) is 1.73. The number of hydrogen-bond acceptors (Lipinski definition) is 4. The highest BCUT2D eigenvalue weighted by molar-refractivity contribution is 7.92. The smallest absolute Gasteiger partial charge is 0.258 e. The molecule has 0 radical (unpaired) electrons. The third-order valence-corrected chi connectivity index (χ3v) is 3.51. The van der Waals surface area contributed by atoms with Crippen molar-refractivity contribution in [3.63, 3.8) is 0 Å². The number of nitrogens with zero attached hydrogens (tertiary/aromatic N) is 1. The van der Waals surface area contributed by atoms with Gasteiger partial charge in [-0.25, -0.2) is 8.42 Å². The molecular weight excluding hydrogens is 182 g/mol. The Balaban J connectivity index is 2.77. The third kappa shape index (κ3) is 0.646. The van der Waals surface area contributed by atoms with Gasteiger partial charge < -0.3 is 0 Å². The second-order valence-electron chi connectivity index (χ2n) is 2.39. The molecule has 5 nitrogen and oxygen atoms in total. The summed E-state index contributed by atoms with van der Waals surface area (Å²) in [5.74, 6) is 0. The van der Waals surface area contributed by atoms with Gasteiger partial charge in [0.1, 0.15) is 0 Å². The zero-order valence-corrected chi connectivity index (χ0v) is 6.54. The van der Waals surface area contributed by atoms with Gasteiger partial charge >= 0.3 is 0 Å². The normalized spacial score (nSPS) is 16.7. The Morgan fingerprint density at radius 1 is 1.33 bits per heavy atom. The number of nitro benzene ring substituents is 1. The van der Waals surface area contributed by atoms with Gasteiger partial charge in [-0.3, -0.25) is 10.1 Å². The van der Waals surface area contributed by atoms with E-state index in [9.17, 15) is 18.5 Å². The van der Waals surface area contributed by atoms with E-state index in [1.54, 1.807) is 0 Å². The lowest BCUT2D eigenvalue weighted by Crippen LogP contribution is -2.14. The quantitative estimate of drug-likeness (QED) is 0.485. The second-order valence-corrected chi connectivity index (χ2v) is 4.31. The van der Waals surface area contributed by atoms with Crippen LogP contribution in [-0.4, -0.2) is 13.3 Å². The van der Waals surface area contributed by atoms with Crippen LogP contribution in [0, 0.1) is 10.1 Å². The maximum Gasteiger partial charge on any atom is 0.288 e. The summed E-state index contributed by atoms with van der Waals surface area (Å²) in [4.78, 5) is 9.56. The minimum atomic E-state index is -3.45. The van der Waals surface area contributed by atoms with Crippen molar-refractivity contribution in [3.05, 3.63) is 28.3 Å². The molecule has 1 aromatic carbocycles. The Hall–Kier alpha value is -1.43. The molecule has 0 amide bonds. The Morgan fingerprint density at radius 3 is 2.33 bits per heavy atom. The summed E-state index contributed by atoms with van der Waals surface area (Å²) in [7, 11) is -3.45. The minimum Gasteiger partial charge on any atom is -0.258 e. The zero-order chi connectivity index (χ0) is 8.93. The van der Waals surface area contributed by atoms with E-state index in [-0.39, 0.29) is 15.5 Å². The number of nitro groups is 1. The maximum atomic E-state index is 11.1. The summed E-state index contributed by atoms with van der Waals surface area (Å²) >= 11 is 0. The second kappa shape index (κ2) is 1.84. The van der Waals surface area contributed by atoms with Gasteiger partial charge in [-0.05, 0) is 12.1 Å². The molecule has 62 valence electrons. The van der Waals surface area contributed by atoms with Crippen molar-refractivity contribution in [1.29, 1.82) is 0 Å². The summed E-state index contributed by atoms with van der Waals surface area (Å²) in [6.45, 7) is 0. The lowest BCUT2D eigenvalue weighted by atomic mass is 10.3. The van der Waals surface area contributed by atoms with Gasteiger partial charge in [-0.1, -0.05) is 0 Å². The molecular formula is C6H3NO4S. The van der Waals surface area contributed by atoms with Gasteiger partial charge in [0.15, 0.2) is 4.90 Å². The maximum absolute atomic E-state index is 11.1. The Bertz CT molecular complexity index is 473. The highest BCUT2D eigenvalue weighted by Crippen LogP contribution is 2.38. The molecule has 12 heavy (non-hydrogen) atoms. The molecule has 2 aliphatic heterocycles. The molecule has 0 aromatic heterocycles. The van der Waals surface area contributed by atoms with Gasteiger partial charge in [0.25, 0.3) is 5.69 Å². The Morgan fingerprint density at radius 2 is 2.00 bits per heavy atom. The standard InChI is InChI=1S/C6H3NO4S/c8-7(9)5-2-1-4-3-6(5)12(4,10)11/h1-3H. The van der Waals surface area contributed by atoms with Crippen LogP contribution in [0.2, 0.25) is 0 Å². The summed E-state index contributed by atoms with van der Waals surface area (Å²) in [5, 5.41) is 10.3. The largest absolute Gasteiger partial charge is 0.288 e. The van der Waals surface area contributed by atoms with E-state index in [1.165, 1.54) is 18.2 Å². The van der Waals surface area contributed by atoms with Crippen molar-refractivity contribution in [1.82, 2.24) is 0 Å². The Kier molecular flexibility index (Phi) is 1.11. The SMILES string of the molecule is O=[N+]([O-])c1ccc2cc1S2(=O)=O. The molecule has 0 unspecified atom stereocenters. The molecule has 0 N–H and O–H groups in total. The molecule has 1 aromatic rings. The van der Waals surface area contributed by atoms with Crippen LogP contribution in [0.3, 0.4) is 0 Å². The molecule has 2 bridgehead atoms. The van der Waals surface area contributed by atoms with E-state index in [2.05, 4.69) is 0 Å². The lowest BCUT2D eigenvalue weighted by molar-refractivity contribution is -0.388. The monoisotopic (exact) mass is 185 g/mol. The first kappa shape index (κ1) is 7.23. The summed E-state index contributed by atoms with van der Waals surface area (Å²) in [6, 6.07) is 3.74. The molecule has 0 fully saturated rings. The van der Waals surface area contributed by atoms with Gasteiger partial charge in [0, 0.05) is 6.07 Å². The van der Waals surface area contributed by atoms with Crippen molar-refractivity contribution in [2.24, 2.45) is 0 Å². The van der Waals surface area contributed by atoms with Crippen LogP contribution in [0.5, 0.6) is 0 Å². The number of fused-ring (bicyclic) bond motifs is 2. The van der Waals surface area contributed by atoms with Crippen molar-refractivity contribution < 1.29 is 13.3 Å². The number of rotatable bonds is 1. The molecule has 0 saturated carbocycles. The molecule has 2 aliphatic rings. The first-order valence-corrected chi connectivity index (χ1v) is 4.55. The highest BCUT2D eigenvalue weighted by Gasteiger charge is 2.36. The molecule has 0 spiro atoms. The van der Waals surface area contributed by atoms with E-state index in [4.69, 9.17) is 0 Å². The zero-order valence-electron chi connectivity index (χ0n) is 5.72. The molecule has 0 saturated heterocycles. The van der Waals surface area contributed by atoms with Crippen LogP contribution in [0.1, 0.15) is 0 Å². The average molecular weight is 185 g/mol. The molecule has 0 atom stereocenters. The topological polar surface area (TPSA) is 77.3 Å². The van der Waals surface area contributed by atoms with E-state index in [0.717, 1.165) is 0 Å². The van der Waals surface area contributed by atoms with E-state index in [0.29, 0.717) is 0 Å². The van der Waals surface area contributed by atoms with Crippen molar-refractivity contribution in [2.75, 3.05) is 0 Å². The first-order valence-electron chi connectivity index (χ1n) is 3.07. The predicted molar refractivity (Wildman–Crippen MR) is 38.5 cm³/mol. The number of sulfone groups is 1. The predicted octanol–water partition coefficient (Wildman–Crippen LogP) is 0.741. The van der Waals surface area contributed by atoms with Crippen LogP contribution in [0.4, 0.5) is 5.69 Å². The number of benzene rings is 1. The molecule has 6 heteroatoms. The summed E-state index contributed by atoms with van der Waals surface area (Å²) in [6.07, 6.45) is 0. The summed E-state index contributed by atoms with van der Waals surface area (Å²) in [5.41, 5.74) is -0.343. The lowest BCUT2D eigenvalue weighted by Gasteiger charge is -2.14. The van der Waals surface area contributed by atoms with Gasteiger partial charge in [0.05, 0.1) is 9.82 Å². The van der Waals surface area contributed by atoms with Crippen LogP contribution in [-0.2, 0) is 9.84 Å².